The van der Waals surface area contributed by atoms with Gasteiger partial charge in [0.2, 0.25) is 5.95 Å². The van der Waals surface area contributed by atoms with Gasteiger partial charge in [-0.05, 0) is 32.0 Å². The fraction of sp³-hybridized carbons (Fsp3) is 0.615. The molecule has 3 rings (SSSR count). The second-order valence-corrected chi connectivity index (χ2v) is 5.30. The standard InChI is InChI=1S/C13H17FN2O2/c1-16-9-5-13(17,6-10(16)8-18-7-9)11-3-2-4-12(14)15-11/h2-4,9-10,17H,5-8H2,1H3. The quantitative estimate of drug-likeness (QED) is 0.754. The monoisotopic (exact) mass is 252 g/mol. The molecule has 2 fully saturated rings. The van der Waals surface area contributed by atoms with E-state index in [1.807, 2.05) is 0 Å². The van der Waals surface area contributed by atoms with Gasteiger partial charge in [-0.1, -0.05) is 6.07 Å². The summed E-state index contributed by atoms with van der Waals surface area (Å²) in [6, 6.07) is 4.94. The Morgan fingerprint density at radius 3 is 2.67 bits per heavy atom. The van der Waals surface area contributed by atoms with Crippen molar-refractivity contribution in [3.8, 4) is 0 Å². The third-order valence-electron chi connectivity index (χ3n) is 4.11. The number of hydrogen-bond acceptors (Lipinski definition) is 4. The first-order valence-corrected chi connectivity index (χ1v) is 6.23. The van der Waals surface area contributed by atoms with Crippen molar-refractivity contribution >= 4 is 0 Å². The van der Waals surface area contributed by atoms with E-state index in [2.05, 4.69) is 16.9 Å². The van der Waals surface area contributed by atoms with Crippen molar-refractivity contribution in [2.24, 2.45) is 0 Å². The van der Waals surface area contributed by atoms with Crippen LogP contribution in [0.3, 0.4) is 0 Å². The molecular weight excluding hydrogens is 235 g/mol. The molecule has 2 atom stereocenters. The SMILES string of the molecule is CN1C2COCC1CC(O)(c1cccc(F)n1)C2. The predicted octanol–water partition coefficient (Wildman–Crippen LogP) is 0.901. The Morgan fingerprint density at radius 2 is 2.06 bits per heavy atom. The first kappa shape index (κ1) is 12.0. The number of fused-ring (bicyclic) bond motifs is 2. The van der Waals surface area contributed by atoms with Gasteiger partial charge in [0.25, 0.3) is 0 Å². The Morgan fingerprint density at radius 1 is 1.39 bits per heavy atom. The second kappa shape index (κ2) is 4.26. The number of piperidine rings is 1. The van der Waals surface area contributed by atoms with Gasteiger partial charge in [-0.15, -0.1) is 0 Å². The average molecular weight is 252 g/mol. The van der Waals surface area contributed by atoms with Gasteiger partial charge in [0.1, 0.15) is 5.60 Å². The van der Waals surface area contributed by atoms with Gasteiger partial charge < -0.3 is 9.84 Å². The zero-order valence-corrected chi connectivity index (χ0v) is 10.3. The summed E-state index contributed by atoms with van der Waals surface area (Å²) in [4.78, 5) is 6.09. The van der Waals surface area contributed by atoms with Gasteiger partial charge in [-0.3, -0.25) is 4.90 Å². The number of morpholine rings is 1. The number of nitrogens with zero attached hydrogens (tertiary/aromatic N) is 2. The maximum absolute atomic E-state index is 13.2. The minimum atomic E-state index is -1.03. The van der Waals surface area contributed by atoms with Crippen LogP contribution < -0.4 is 0 Å². The molecule has 0 aliphatic carbocycles. The number of aromatic nitrogens is 1. The summed E-state index contributed by atoms with van der Waals surface area (Å²) in [5.74, 6) is -0.540. The van der Waals surface area contributed by atoms with Crippen LogP contribution in [0, 0.1) is 5.95 Å². The van der Waals surface area contributed by atoms with Crippen LogP contribution in [0.25, 0.3) is 0 Å². The van der Waals surface area contributed by atoms with E-state index in [9.17, 15) is 9.50 Å². The highest BCUT2D eigenvalue weighted by Crippen LogP contribution is 2.39. The molecule has 1 aromatic heterocycles. The molecular formula is C13H17FN2O2. The minimum Gasteiger partial charge on any atom is -0.383 e. The molecule has 0 saturated carbocycles. The lowest BCUT2D eigenvalue weighted by molar-refractivity contribution is -0.139. The van der Waals surface area contributed by atoms with E-state index >= 15 is 0 Å². The Kier molecular flexibility index (Phi) is 2.84. The van der Waals surface area contributed by atoms with Crippen LogP contribution in [0.5, 0.6) is 0 Å². The molecule has 2 unspecified atom stereocenters. The molecule has 2 saturated heterocycles. The third kappa shape index (κ3) is 1.92. The Hall–Kier alpha value is -1.04. The highest BCUT2D eigenvalue weighted by Gasteiger charge is 2.46. The lowest BCUT2D eigenvalue weighted by Crippen LogP contribution is -2.59. The lowest BCUT2D eigenvalue weighted by atomic mass is 9.79. The maximum Gasteiger partial charge on any atom is 0.213 e. The Labute approximate surface area is 105 Å². The Balaban J connectivity index is 1.92. The van der Waals surface area contributed by atoms with E-state index in [-0.39, 0.29) is 12.1 Å². The van der Waals surface area contributed by atoms with Crippen LogP contribution in [0.15, 0.2) is 18.2 Å². The molecule has 2 aliphatic rings. The summed E-state index contributed by atoms with van der Waals surface area (Å²) >= 11 is 0. The summed E-state index contributed by atoms with van der Waals surface area (Å²) in [6.07, 6.45) is 1.08. The number of aliphatic hydroxyl groups is 1. The summed E-state index contributed by atoms with van der Waals surface area (Å²) in [5.41, 5.74) is -0.597. The zero-order chi connectivity index (χ0) is 12.8. The van der Waals surface area contributed by atoms with Crippen LogP contribution in [0.1, 0.15) is 18.5 Å². The number of hydrogen-bond donors (Lipinski definition) is 1. The van der Waals surface area contributed by atoms with Crippen molar-refractivity contribution < 1.29 is 14.2 Å². The molecule has 98 valence electrons. The van der Waals surface area contributed by atoms with E-state index in [0.29, 0.717) is 31.7 Å². The zero-order valence-electron chi connectivity index (χ0n) is 10.3. The molecule has 1 aromatic rings. The summed E-state index contributed by atoms with van der Waals surface area (Å²) in [7, 11) is 2.05. The van der Waals surface area contributed by atoms with E-state index in [1.165, 1.54) is 6.07 Å². The molecule has 18 heavy (non-hydrogen) atoms. The van der Waals surface area contributed by atoms with Crippen molar-refractivity contribution in [1.29, 1.82) is 0 Å². The molecule has 5 heteroatoms. The molecule has 4 nitrogen and oxygen atoms in total. The largest absolute Gasteiger partial charge is 0.383 e. The number of halogens is 1. The summed E-state index contributed by atoms with van der Waals surface area (Å²) < 4.78 is 18.7. The van der Waals surface area contributed by atoms with Crippen molar-refractivity contribution in [1.82, 2.24) is 9.88 Å². The molecule has 3 heterocycles. The lowest BCUT2D eigenvalue weighted by Gasteiger charge is -2.49. The van der Waals surface area contributed by atoms with Crippen LogP contribution in [-0.2, 0) is 10.3 Å². The number of pyridine rings is 1. The van der Waals surface area contributed by atoms with E-state index in [0.717, 1.165) is 0 Å². The van der Waals surface area contributed by atoms with Gasteiger partial charge in [0.05, 0.1) is 18.9 Å². The van der Waals surface area contributed by atoms with Gasteiger partial charge in [-0.2, -0.15) is 4.39 Å². The normalized spacial score (nSPS) is 36.6. The van der Waals surface area contributed by atoms with Crippen molar-refractivity contribution in [2.45, 2.75) is 30.5 Å². The second-order valence-electron chi connectivity index (χ2n) is 5.30. The number of rotatable bonds is 1. The number of ether oxygens (including phenoxy) is 1. The fourth-order valence-electron chi connectivity index (χ4n) is 3.02. The summed E-state index contributed by atoms with van der Waals surface area (Å²) in [5, 5.41) is 10.8. The molecule has 2 bridgehead atoms. The first-order valence-electron chi connectivity index (χ1n) is 6.23. The molecule has 1 N–H and O–H groups in total. The first-order chi connectivity index (χ1) is 8.58. The van der Waals surface area contributed by atoms with Crippen molar-refractivity contribution in [2.75, 3.05) is 20.3 Å². The summed E-state index contributed by atoms with van der Waals surface area (Å²) in [6.45, 7) is 1.23. The van der Waals surface area contributed by atoms with E-state index in [4.69, 9.17) is 4.74 Å². The van der Waals surface area contributed by atoms with Crippen molar-refractivity contribution in [3.63, 3.8) is 0 Å². The van der Waals surface area contributed by atoms with Crippen molar-refractivity contribution in [3.05, 3.63) is 29.8 Å². The van der Waals surface area contributed by atoms with Crippen LogP contribution in [0.2, 0.25) is 0 Å². The van der Waals surface area contributed by atoms with Gasteiger partial charge in [-0.25, -0.2) is 4.98 Å². The third-order valence-corrected chi connectivity index (χ3v) is 4.11. The highest BCUT2D eigenvalue weighted by molar-refractivity contribution is 5.17. The molecule has 0 amide bonds. The predicted molar refractivity (Wildman–Crippen MR) is 63.5 cm³/mol. The van der Waals surface area contributed by atoms with Crippen LogP contribution in [0.4, 0.5) is 4.39 Å². The van der Waals surface area contributed by atoms with Gasteiger partial charge in [0, 0.05) is 12.1 Å². The van der Waals surface area contributed by atoms with Crippen LogP contribution in [-0.4, -0.2) is 47.3 Å². The highest BCUT2D eigenvalue weighted by atomic mass is 19.1. The number of likely N-dealkylation sites (N-methyl/N-ethyl adjacent to an activating group) is 1. The molecule has 0 spiro atoms. The molecule has 2 aliphatic heterocycles. The molecule has 0 aromatic carbocycles. The minimum absolute atomic E-state index is 0.174. The fourth-order valence-corrected chi connectivity index (χ4v) is 3.02. The van der Waals surface area contributed by atoms with E-state index < -0.39 is 11.5 Å². The van der Waals surface area contributed by atoms with Gasteiger partial charge in [0.15, 0.2) is 0 Å². The topological polar surface area (TPSA) is 45.6 Å². The van der Waals surface area contributed by atoms with E-state index in [1.54, 1.807) is 12.1 Å². The van der Waals surface area contributed by atoms with Gasteiger partial charge >= 0.3 is 0 Å². The smallest absolute Gasteiger partial charge is 0.213 e. The van der Waals surface area contributed by atoms with Crippen LogP contribution >= 0.6 is 0 Å². The molecule has 0 radical (unpaired) electrons. The average Bonchev–Trinajstić information content (AvgIpc) is 2.31. The Bertz CT molecular complexity index is 440. The maximum atomic E-state index is 13.2.